The normalized spacial score (nSPS) is 18.4. The third-order valence-electron chi connectivity index (χ3n) is 3.90. The first kappa shape index (κ1) is 15.9. The third kappa shape index (κ3) is 4.27. The number of nitrogens with zero attached hydrogens (tertiary/aromatic N) is 2. The Balaban J connectivity index is 1.80. The number of carbonyl (C=O) groups excluding carboxylic acids is 1. The Labute approximate surface area is 129 Å². The fourth-order valence-electron chi connectivity index (χ4n) is 2.76. The molecule has 0 radical (unpaired) electrons. The number of amides is 1. The molecule has 1 unspecified atom stereocenters. The molecule has 1 aliphatic rings. The number of aromatic carboxylic acids is 1. The van der Waals surface area contributed by atoms with Crippen molar-refractivity contribution in [1.29, 1.82) is 0 Å². The van der Waals surface area contributed by atoms with Gasteiger partial charge < -0.3 is 10.0 Å². The zero-order valence-electron chi connectivity index (χ0n) is 12.4. The summed E-state index contributed by atoms with van der Waals surface area (Å²) in [6.45, 7) is 2.93. The van der Waals surface area contributed by atoms with Crippen LogP contribution in [0.25, 0.3) is 0 Å². The molecule has 0 spiro atoms. The van der Waals surface area contributed by atoms with Crippen LogP contribution in [0.15, 0.2) is 5.38 Å². The van der Waals surface area contributed by atoms with Crippen molar-refractivity contribution in [2.45, 2.75) is 57.9 Å². The van der Waals surface area contributed by atoms with E-state index in [4.69, 9.17) is 5.11 Å². The van der Waals surface area contributed by atoms with Crippen LogP contribution in [0.1, 0.15) is 60.9 Å². The Bertz CT molecular complexity index is 501. The highest BCUT2D eigenvalue weighted by Gasteiger charge is 2.29. The summed E-state index contributed by atoms with van der Waals surface area (Å²) in [6.07, 6.45) is 6.68. The number of rotatable bonds is 8. The number of carboxylic acid groups (broad SMARTS) is 1. The second-order valence-electron chi connectivity index (χ2n) is 5.46. The zero-order chi connectivity index (χ0) is 15.2. The first-order chi connectivity index (χ1) is 10.1. The quantitative estimate of drug-likeness (QED) is 0.801. The second kappa shape index (κ2) is 7.54. The molecule has 1 aromatic rings. The lowest BCUT2D eigenvalue weighted by molar-refractivity contribution is -0.129. The highest BCUT2D eigenvalue weighted by Crippen LogP contribution is 2.24. The van der Waals surface area contributed by atoms with Crippen molar-refractivity contribution in [2.75, 3.05) is 6.54 Å². The van der Waals surface area contributed by atoms with E-state index in [2.05, 4.69) is 11.9 Å². The lowest BCUT2D eigenvalue weighted by Crippen LogP contribution is -2.34. The Morgan fingerprint density at radius 2 is 2.33 bits per heavy atom. The molecule has 1 fully saturated rings. The lowest BCUT2D eigenvalue weighted by atomic mass is 10.1. The summed E-state index contributed by atoms with van der Waals surface area (Å²) in [6, 6.07) is 0.406. The van der Waals surface area contributed by atoms with Gasteiger partial charge in [-0.15, -0.1) is 11.3 Å². The largest absolute Gasteiger partial charge is 0.476 e. The fourth-order valence-corrected chi connectivity index (χ4v) is 3.58. The number of thiazole rings is 1. The fraction of sp³-hybridized carbons (Fsp3) is 0.667. The van der Waals surface area contributed by atoms with Gasteiger partial charge in [-0.25, -0.2) is 9.78 Å². The highest BCUT2D eigenvalue weighted by molar-refractivity contribution is 7.09. The van der Waals surface area contributed by atoms with Crippen molar-refractivity contribution < 1.29 is 14.7 Å². The van der Waals surface area contributed by atoms with Gasteiger partial charge in [-0.2, -0.15) is 0 Å². The summed E-state index contributed by atoms with van der Waals surface area (Å²) < 4.78 is 0. The van der Waals surface area contributed by atoms with Crippen molar-refractivity contribution in [3.8, 4) is 0 Å². The topological polar surface area (TPSA) is 70.5 Å². The third-order valence-corrected chi connectivity index (χ3v) is 4.81. The van der Waals surface area contributed by atoms with Crippen molar-refractivity contribution >= 4 is 23.2 Å². The monoisotopic (exact) mass is 310 g/mol. The minimum Gasteiger partial charge on any atom is -0.476 e. The number of carbonyl (C=O) groups is 2. The molecule has 1 amide bonds. The van der Waals surface area contributed by atoms with Crippen LogP contribution in [0, 0.1) is 0 Å². The molecule has 2 rings (SSSR count). The smallest absolute Gasteiger partial charge is 0.355 e. The number of hydrogen-bond donors (Lipinski definition) is 1. The number of unbranched alkanes of at least 4 members (excludes halogenated alkanes) is 1. The first-order valence-electron chi connectivity index (χ1n) is 7.59. The molecule has 21 heavy (non-hydrogen) atoms. The molecule has 6 heteroatoms. The number of aromatic nitrogens is 1. The molecular formula is C15H22N2O3S. The average molecular weight is 310 g/mol. The van der Waals surface area contributed by atoms with E-state index in [1.54, 1.807) is 5.38 Å². The molecular weight excluding hydrogens is 288 g/mol. The molecule has 1 aromatic heterocycles. The summed E-state index contributed by atoms with van der Waals surface area (Å²) in [5.74, 6) is -0.715. The second-order valence-corrected chi connectivity index (χ2v) is 6.40. The molecule has 0 bridgehead atoms. The van der Waals surface area contributed by atoms with Crippen LogP contribution in [0.4, 0.5) is 0 Å². The van der Waals surface area contributed by atoms with E-state index >= 15 is 0 Å². The first-order valence-corrected chi connectivity index (χ1v) is 8.47. The van der Waals surface area contributed by atoms with Gasteiger partial charge in [0.25, 0.3) is 0 Å². The maximum Gasteiger partial charge on any atom is 0.355 e. The SMILES string of the molecule is CCCCC1CCC(=O)N1CCCc1nc(C(=O)O)cs1. The van der Waals surface area contributed by atoms with Crippen LogP contribution >= 0.6 is 11.3 Å². The minimum atomic E-state index is -0.980. The predicted molar refractivity (Wildman–Crippen MR) is 81.7 cm³/mol. The van der Waals surface area contributed by atoms with Gasteiger partial charge >= 0.3 is 5.97 Å². The Morgan fingerprint density at radius 1 is 1.52 bits per heavy atom. The molecule has 0 saturated carbocycles. The van der Waals surface area contributed by atoms with Crippen molar-refractivity contribution in [2.24, 2.45) is 0 Å². The molecule has 2 heterocycles. The van der Waals surface area contributed by atoms with Gasteiger partial charge in [0, 0.05) is 30.8 Å². The summed E-state index contributed by atoms with van der Waals surface area (Å²) in [7, 11) is 0. The van der Waals surface area contributed by atoms with Crippen molar-refractivity contribution in [3.63, 3.8) is 0 Å². The van der Waals surface area contributed by atoms with Gasteiger partial charge in [0.15, 0.2) is 5.69 Å². The molecule has 116 valence electrons. The molecule has 0 aliphatic carbocycles. The Morgan fingerprint density at radius 3 is 3.00 bits per heavy atom. The lowest BCUT2D eigenvalue weighted by Gasteiger charge is -2.24. The van der Waals surface area contributed by atoms with Crippen LogP contribution in [0.5, 0.6) is 0 Å². The van der Waals surface area contributed by atoms with E-state index in [-0.39, 0.29) is 11.6 Å². The average Bonchev–Trinajstić information content (AvgIpc) is 3.05. The predicted octanol–water partition coefficient (Wildman–Crippen LogP) is 2.96. The van der Waals surface area contributed by atoms with Gasteiger partial charge in [-0.1, -0.05) is 19.8 Å². The number of carboxylic acids is 1. The van der Waals surface area contributed by atoms with Gasteiger partial charge in [0.05, 0.1) is 5.01 Å². The molecule has 1 N–H and O–H groups in total. The molecule has 1 aliphatic heterocycles. The van der Waals surface area contributed by atoms with Crippen molar-refractivity contribution in [3.05, 3.63) is 16.1 Å². The number of likely N-dealkylation sites (tertiary alicyclic amines) is 1. The summed E-state index contributed by atoms with van der Waals surface area (Å²) in [5.41, 5.74) is 0.119. The maximum atomic E-state index is 11.9. The van der Waals surface area contributed by atoms with Crippen LogP contribution < -0.4 is 0 Å². The number of hydrogen-bond acceptors (Lipinski definition) is 4. The van der Waals surface area contributed by atoms with E-state index in [1.807, 2.05) is 4.90 Å². The minimum absolute atomic E-state index is 0.119. The summed E-state index contributed by atoms with van der Waals surface area (Å²) in [4.78, 5) is 28.8. The zero-order valence-corrected chi connectivity index (χ0v) is 13.2. The van der Waals surface area contributed by atoms with E-state index < -0.39 is 5.97 Å². The van der Waals surface area contributed by atoms with Crippen LogP contribution in [0.2, 0.25) is 0 Å². The van der Waals surface area contributed by atoms with E-state index in [9.17, 15) is 9.59 Å². The van der Waals surface area contributed by atoms with Crippen molar-refractivity contribution in [1.82, 2.24) is 9.88 Å². The standard InChI is InChI=1S/C15H22N2O3S/c1-2-3-5-11-7-8-14(18)17(11)9-4-6-13-16-12(10-21-13)15(19)20/h10-11H,2-9H2,1H3,(H,19,20). The summed E-state index contributed by atoms with van der Waals surface area (Å²) >= 11 is 1.38. The molecule has 1 atom stereocenters. The van der Waals surface area contributed by atoms with Gasteiger partial charge in [-0.05, 0) is 19.3 Å². The summed E-state index contributed by atoms with van der Waals surface area (Å²) in [5, 5.41) is 11.2. The Kier molecular flexibility index (Phi) is 5.73. The molecule has 5 nitrogen and oxygen atoms in total. The highest BCUT2D eigenvalue weighted by atomic mass is 32.1. The molecule has 1 saturated heterocycles. The Hall–Kier alpha value is -1.43. The van der Waals surface area contributed by atoms with E-state index in [0.717, 1.165) is 43.7 Å². The van der Waals surface area contributed by atoms with Gasteiger partial charge in [-0.3, -0.25) is 4.79 Å². The van der Waals surface area contributed by atoms with Crippen LogP contribution in [0.3, 0.4) is 0 Å². The molecule has 0 aromatic carbocycles. The van der Waals surface area contributed by atoms with Gasteiger partial charge in [0.1, 0.15) is 0 Å². The van der Waals surface area contributed by atoms with Gasteiger partial charge in [0.2, 0.25) is 5.91 Å². The van der Waals surface area contributed by atoms with Crippen LogP contribution in [-0.2, 0) is 11.2 Å². The maximum absolute atomic E-state index is 11.9. The van der Waals surface area contributed by atoms with E-state index in [1.165, 1.54) is 17.8 Å². The number of aryl methyl sites for hydroxylation is 1. The van der Waals surface area contributed by atoms with E-state index in [0.29, 0.717) is 12.5 Å². The van der Waals surface area contributed by atoms with Crippen LogP contribution in [-0.4, -0.2) is 39.5 Å².